The monoisotopic (exact) mass is 281 g/mol. The lowest BCUT2D eigenvalue weighted by Crippen LogP contribution is -2.07. The van der Waals surface area contributed by atoms with E-state index in [9.17, 15) is 13.2 Å². The summed E-state index contributed by atoms with van der Waals surface area (Å²) in [6.07, 6.45) is 0.745. The minimum Gasteiger partial charge on any atom is -0.251 e. The Morgan fingerprint density at radius 3 is 2.00 bits per heavy atom. The first-order chi connectivity index (χ1) is 9.36. The second kappa shape index (κ2) is 5.56. The molecule has 0 aliphatic carbocycles. The summed E-state index contributed by atoms with van der Waals surface area (Å²) in [7, 11) is 0. The normalized spacial score (nSPS) is 11.9. The van der Waals surface area contributed by atoms with Crippen LogP contribution >= 0.6 is 0 Å². The van der Waals surface area contributed by atoms with Gasteiger partial charge in [-0.3, -0.25) is 4.98 Å². The number of halogens is 3. The molecular formula is C14H14F3N3. The summed E-state index contributed by atoms with van der Waals surface area (Å²) in [5, 5.41) is 0. The van der Waals surface area contributed by atoms with E-state index in [1.54, 1.807) is 12.4 Å². The van der Waals surface area contributed by atoms with Crippen LogP contribution in [-0.2, 0) is 12.6 Å². The van der Waals surface area contributed by atoms with Crippen molar-refractivity contribution in [1.82, 2.24) is 15.0 Å². The summed E-state index contributed by atoms with van der Waals surface area (Å²) >= 11 is 0. The minimum atomic E-state index is -4.42. The molecule has 3 nitrogen and oxygen atoms in total. The van der Waals surface area contributed by atoms with Crippen molar-refractivity contribution in [3.8, 4) is 11.1 Å². The summed E-state index contributed by atoms with van der Waals surface area (Å²) in [5.41, 5.74) is 0.312. The Hall–Kier alpha value is -1.98. The third-order valence-corrected chi connectivity index (χ3v) is 2.68. The molecule has 2 aromatic rings. The van der Waals surface area contributed by atoms with Crippen LogP contribution in [0.25, 0.3) is 11.1 Å². The standard InChI is InChI=1S/C14H14F3N3/c1-9(2)5-13-19-7-11(8-20-13)10-3-4-12(18-6-10)14(15,16)17/h3-4,6-9H,5H2,1-2H3. The third-order valence-electron chi connectivity index (χ3n) is 2.68. The van der Waals surface area contributed by atoms with E-state index < -0.39 is 11.9 Å². The van der Waals surface area contributed by atoms with Gasteiger partial charge in [0.05, 0.1) is 0 Å². The van der Waals surface area contributed by atoms with E-state index in [-0.39, 0.29) is 0 Å². The van der Waals surface area contributed by atoms with Crippen LogP contribution in [0.3, 0.4) is 0 Å². The molecule has 0 amide bonds. The predicted molar refractivity (Wildman–Crippen MR) is 68.8 cm³/mol. The van der Waals surface area contributed by atoms with Crippen LogP contribution in [0.5, 0.6) is 0 Å². The Morgan fingerprint density at radius 2 is 1.55 bits per heavy atom. The fourth-order valence-corrected chi connectivity index (χ4v) is 1.71. The van der Waals surface area contributed by atoms with Crippen molar-refractivity contribution >= 4 is 0 Å². The molecule has 0 saturated heterocycles. The van der Waals surface area contributed by atoms with Crippen molar-refractivity contribution in [1.29, 1.82) is 0 Å². The van der Waals surface area contributed by atoms with E-state index in [0.29, 0.717) is 17.0 Å². The van der Waals surface area contributed by atoms with E-state index >= 15 is 0 Å². The molecule has 0 saturated carbocycles. The molecule has 0 N–H and O–H groups in total. The smallest absolute Gasteiger partial charge is 0.251 e. The fourth-order valence-electron chi connectivity index (χ4n) is 1.71. The molecule has 2 aromatic heterocycles. The molecule has 2 heterocycles. The predicted octanol–water partition coefficient (Wildman–Crippen LogP) is 3.76. The molecule has 0 atom stereocenters. The van der Waals surface area contributed by atoms with Gasteiger partial charge in [-0.25, -0.2) is 9.97 Å². The molecule has 0 radical (unpaired) electrons. The number of pyridine rings is 1. The van der Waals surface area contributed by atoms with Gasteiger partial charge >= 0.3 is 6.18 Å². The van der Waals surface area contributed by atoms with Gasteiger partial charge in [-0.05, 0) is 12.0 Å². The largest absolute Gasteiger partial charge is 0.433 e. The molecule has 0 fully saturated rings. The molecule has 0 aliphatic heterocycles. The van der Waals surface area contributed by atoms with E-state index in [1.165, 1.54) is 12.3 Å². The SMILES string of the molecule is CC(C)Cc1ncc(-c2ccc(C(F)(F)F)nc2)cn1. The van der Waals surface area contributed by atoms with Crippen molar-refractivity contribution in [2.45, 2.75) is 26.4 Å². The third kappa shape index (κ3) is 3.53. The van der Waals surface area contributed by atoms with Gasteiger partial charge in [0.15, 0.2) is 0 Å². The summed E-state index contributed by atoms with van der Waals surface area (Å²) in [5.74, 6) is 1.18. The molecule has 0 aliphatic rings. The summed E-state index contributed by atoms with van der Waals surface area (Å²) in [4.78, 5) is 11.8. The van der Waals surface area contributed by atoms with Crippen molar-refractivity contribution < 1.29 is 13.2 Å². The van der Waals surface area contributed by atoms with Crippen LogP contribution in [0.1, 0.15) is 25.4 Å². The van der Waals surface area contributed by atoms with Crippen molar-refractivity contribution in [2.24, 2.45) is 5.92 Å². The zero-order valence-corrected chi connectivity index (χ0v) is 11.1. The molecule has 0 aromatic carbocycles. The Bertz CT molecular complexity index is 560. The topological polar surface area (TPSA) is 38.7 Å². The van der Waals surface area contributed by atoms with Gasteiger partial charge in [-0.2, -0.15) is 13.2 Å². The van der Waals surface area contributed by atoms with Crippen LogP contribution in [0.4, 0.5) is 13.2 Å². The van der Waals surface area contributed by atoms with E-state index in [4.69, 9.17) is 0 Å². The lowest BCUT2D eigenvalue weighted by Gasteiger charge is -2.07. The van der Waals surface area contributed by atoms with Crippen LogP contribution in [0.15, 0.2) is 30.7 Å². The first kappa shape index (κ1) is 14.4. The van der Waals surface area contributed by atoms with E-state index in [2.05, 4.69) is 28.8 Å². The molecular weight excluding hydrogens is 267 g/mol. The number of hydrogen-bond donors (Lipinski definition) is 0. The highest BCUT2D eigenvalue weighted by Crippen LogP contribution is 2.28. The number of rotatable bonds is 3. The number of nitrogens with zero attached hydrogens (tertiary/aromatic N) is 3. The highest BCUT2D eigenvalue weighted by atomic mass is 19.4. The van der Waals surface area contributed by atoms with Gasteiger partial charge in [0.25, 0.3) is 0 Å². The highest BCUT2D eigenvalue weighted by molar-refractivity contribution is 5.60. The van der Waals surface area contributed by atoms with Gasteiger partial charge in [-0.15, -0.1) is 0 Å². The highest BCUT2D eigenvalue weighted by Gasteiger charge is 2.32. The average Bonchev–Trinajstić information content (AvgIpc) is 2.38. The molecule has 6 heteroatoms. The number of aromatic nitrogens is 3. The lowest BCUT2D eigenvalue weighted by atomic mass is 10.1. The molecule has 0 bridgehead atoms. The number of hydrogen-bond acceptors (Lipinski definition) is 3. The van der Waals surface area contributed by atoms with Crippen LogP contribution < -0.4 is 0 Å². The van der Waals surface area contributed by atoms with Gasteiger partial charge in [0.2, 0.25) is 0 Å². The summed E-state index contributed by atoms with van der Waals surface area (Å²) in [6, 6.07) is 2.33. The van der Waals surface area contributed by atoms with Crippen LogP contribution in [0, 0.1) is 5.92 Å². The second-order valence-corrected chi connectivity index (χ2v) is 4.92. The molecule has 106 valence electrons. The molecule has 0 spiro atoms. The maximum atomic E-state index is 12.4. The maximum absolute atomic E-state index is 12.4. The van der Waals surface area contributed by atoms with Crippen LogP contribution in [-0.4, -0.2) is 15.0 Å². The van der Waals surface area contributed by atoms with Crippen molar-refractivity contribution in [3.63, 3.8) is 0 Å². The van der Waals surface area contributed by atoms with E-state index in [0.717, 1.165) is 18.3 Å². The van der Waals surface area contributed by atoms with Crippen LogP contribution in [0.2, 0.25) is 0 Å². The Kier molecular flexibility index (Phi) is 4.01. The minimum absolute atomic E-state index is 0.452. The van der Waals surface area contributed by atoms with Crippen molar-refractivity contribution in [3.05, 3.63) is 42.2 Å². The van der Waals surface area contributed by atoms with Gasteiger partial charge in [0.1, 0.15) is 11.5 Å². The van der Waals surface area contributed by atoms with Gasteiger partial charge in [-0.1, -0.05) is 19.9 Å². The first-order valence-electron chi connectivity index (χ1n) is 6.21. The maximum Gasteiger partial charge on any atom is 0.433 e. The van der Waals surface area contributed by atoms with Gasteiger partial charge in [0, 0.05) is 36.1 Å². The molecule has 2 rings (SSSR count). The quantitative estimate of drug-likeness (QED) is 0.860. The Labute approximate surface area is 114 Å². The fraction of sp³-hybridized carbons (Fsp3) is 0.357. The Morgan fingerprint density at radius 1 is 0.950 bits per heavy atom. The zero-order chi connectivity index (χ0) is 14.8. The van der Waals surface area contributed by atoms with Crippen molar-refractivity contribution in [2.75, 3.05) is 0 Å². The summed E-state index contributed by atoms with van der Waals surface area (Å²) in [6.45, 7) is 4.13. The van der Waals surface area contributed by atoms with Gasteiger partial charge < -0.3 is 0 Å². The summed E-state index contributed by atoms with van der Waals surface area (Å²) < 4.78 is 37.2. The second-order valence-electron chi connectivity index (χ2n) is 4.92. The Balaban J connectivity index is 2.19. The number of alkyl halides is 3. The van der Waals surface area contributed by atoms with E-state index in [1.807, 2.05) is 0 Å². The first-order valence-corrected chi connectivity index (χ1v) is 6.21. The zero-order valence-electron chi connectivity index (χ0n) is 11.1. The average molecular weight is 281 g/mol. The molecule has 0 unspecified atom stereocenters. The molecule has 20 heavy (non-hydrogen) atoms. The lowest BCUT2D eigenvalue weighted by molar-refractivity contribution is -0.141.